The number of aromatic hydroxyl groups is 1. The van der Waals surface area contributed by atoms with Crippen LogP contribution in [0.15, 0.2) is 65.7 Å². The Balaban J connectivity index is 0.000000303. The fourth-order valence-electron chi connectivity index (χ4n) is 3.30. The predicted octanol–water partition coefficient (Wildman–Crippen LogP) is 2.79. The van der Waals surface area contributed by atoms with E-state index in [9.17, 15) is 23.9 Å². The predicted molar refractivity (Wildman–Crippen MR) is 128 cm³/mol. The van der Waals surface area contributed by atoms with Gasteiger partial charge in [-0.1, -0.05) is 0 Å². The van der Waals surface area contributed by atoms with Crippen molar-refractivity contribution in [3.05, 3.63) is 93.9 Å². The summed E-state index contributed by atoms with van der Waals surface area (Å²) >= 11 is 0. The molecule has 4 aromatic rings. The molecule has 2 heterocycles. The molecule has 0 aliphatic rings. The summed E-state index contributed by atoms with van der Waals surface area (Å²) in [6, 6.07) is 11.8. The quantitative estimate of drug-likeness (QED) is 0.369. The molecule has 186 valence electrons. The first kappa shape index (κ1) is 25.7. The van der Waals surface area contributed by atoms with Gasteiger partial charge in [-0.25, -0.2) is 14.2 Å². The van der Waals surface area contributed by atoms with Crippen molar-refractivity contribution in [3.8, 4) is 17.2 Å². The van der Waals surface area contributed by atoms with Crippen molar-refractivity contribution < 1.29 is 33.7 Å². The highest BCUT2D eigenvalue weighted by Crippen LogP contribution is 2.27. The maximum absolute atomic E-state index is 12.7. The number of hydrogen-bond acceptors (Lipinski definition) is 7. The Morgan fingerprint density at radius 2 is 1.75 bits per heavy atom. The molecule has 4 rings (SSSR count). The van der Waals surface area contributed by atoms with Crippen LogP contribution in [0.25, 0.3) is 10.8 Å². The van der Waals surface area contributed by atoms with Crippen LogP contribution in [-0.4, -0.2) is 45.9 Å². The van der Waals surface area contributed by atoms with Gasteiger partial charge in [-0.3, -0.25) is 9.59 Å². The van der Waals surface area contributed by atoms with Gasteiger partial charge in [-0.15, -0.1) is 0 Å². The average Bonchev–Trinajstić information content (AvgIpc) is 2.86. The van der Waals surface area contributed by atoms with Crippen LogP contribution < -0.4 is 20.8 Å². The molecule has 0 atom stereocenters. The minimum atomic E-state index is -1.36. The van der Waals surface area contributed by atoms with Gasteiger partial charge in [0.15, 0.2) is 11.4 Å². The molecule has 0 saturated heterocycles. The molecule has 0 unspecified atom stereocenters. The first-order chi connectivity index (χ1) is 17.2. The summed E-state index contributed by atoms with van der Waals surface area (Å²) in [5.74, 6) is -1.60. The largest absolute Gasteiger partial charge is 0.505 e. The molecule has 36 heavy (non-hydrogen) atoms. The number of carboxylic acid groups (broad SMARTS) is 1. The third kappa shape index (κ3) is 5.58. The number of methoxy groups -OCH3 is 2. The first-order valence-electron chi connectivity index (χ1n) is 10.4. The number of nitrogens with two attached hydrogens (primary N) is 1. The first-order valence-corrected chi connectivity index (χ1v) is 10.4. The Morgan fingerprint density at radius 3 is 2.33 bits per heavy atom. The van der Waals surface area contributed by atoms with E-state index in [0.29, 0.717) is 17.1 Å². The number of ether oxygens (including phenoxy) is 2. The highest BCUT2D eigenvalue weighted by atomic mass is 19.1. The second-order valence-electron chi connectivity index (χ2n) is 7.39. The number of nitrogens with zero attached hydrogens (tertiary/aromatic N) is 2. The molecule has 0 fully saturated rings. The zero-order chi connectivity index (χ0) is 26.4. The number of carboxylic acids is 1. The Labute approximate surface area is 204 Å². The van der Waals surface area contributed by atoms with E-state index in [1.165, 1.54) is 48.2 Å². The number of amides is 1. The van der Waals surface area contributed by atoms with Gasteiger partial charge in [0.05, 0.1) is 26.2 Å². The zero-order valence-corrected chi connectivity index (χ0v) is 19.3. The van der Waals surface area contributed by atoms with Crippen molar-refractivity contribution >= 4 is 22.6 Å². The smallest absolute Gasteiger partial charge is 0.358 e. The van der Waals surface area contributed by atoms with E-state index >= 15 is 0 Å². The molecule has 2 aromatic heterocycles. The van der Waals surface area contributed by atoms with Crippen molar-refractivity contribution in [3.63, 3.8) is 0 Å². The Bertz CT molecular complexity index is 1480. The number of aromatic carboxylic acids is 1. The van der Waals surface area contributed by atoms with Crippen LogP contribution in [0.5, 0.6) is 17.2 Å². The van der Waals surface area contributed by atoms with Crippen molar-refractivity contribution in [1.82, 2.24) is 9.55 Å². The number of aromatic nitrogens is 2. The third-order valence-electron chi connectivity index (χ3n) is 5.17. The van der Waals surface area contributed by atoms with Gasteiger partial charge in [0.25, 0.3) is 5.56 Å². The normalized spacial score (nSPS) is 10.3. The van der Waals surface area contributed by atoms with E-state index in [4.69, 9.17) is 20.3 Å². The molecule has 1 amide bonds. The summed E-state index contributed by atoms with van der Waals surface area (Å²) < 4.78 is 24.1. The van der Waals surface area contributed by atoms with Crippen molar-refractivity contribution in [2.75, 3.05) is 14.2 Å². The van der Waals surface area contributed by atoms with Crippen LogP contribution >= 0.6 is 0 Å². The van der Waals surface area contributed by atoms with Gasteiger partial charge in [0.2, 0.25) is 5.91 Å². The molecule has 0 spiro atoms. The molecule has 2 aromatic carbocycles. The van der Waals surface area contributed by atoms with Gasteiger partial charge in [-0.05, 0) is 42.5 Å². The molecule has 11 heteroatoms. The highest BCUT2D eigenvalue weighted by molar-refractivity contribution is 5.97. The van der Waals surface area contributed by atoms with Gasteiger partial charge in [0, 0.05) is 35.0 Å². The zero-order valence-electron chi connectivity index (χ0n) is 19.3. The van der Waals surface area contributed by atoms with Gasteiger partial charge < -0.3 is 30.0 Å². The molecule has 0 saturated carbocycles. The van der Waals surface area contributed by atoms with Crippen LogP contribution in [0.2, 0.25) is 0 Å². The molecule has 0 aliphatic heterocycles. The van der Waals surface area contributed by atoms with E-state index in [2.05, 4.69) is 4.98 Å². The highest BCUT2D eigenvalue weighted by Gasteiger charge is 2.17. The summed E-state index contributed by atoms with van der Waals surface area (Å²) in [5.41, 5.74) is 5.08. The number of benzene rings is 2. The van der Waals surface area contributed by atoms with Crippen LogP contribution in [-0.2, 0) is 6.54 Å². The molecule has 0 bridgehead atoms. The maximum Gasteiger partial charge on any atom is 0.358 e. The number of halogens is 1. The number of primary amides is 1. The van der Waals surface area contributed by atoms with Crippen LogP contribution in [0.4, 0.5) is 4.39 Å². The summed E-state index contributed by atoms with van der Waals surface area (Å²) in [5, 5.41) is 19.3. The SMILES string of the molecule is COc1ccc(Cn2ccc3c(O)c(C(=O)O)ncc3c2=O)c(OC)c1.NC(=O)c1ccc(F)cc1. The number of carbonyl (C=O) groups is 2. The number of rotatable bonds is 6. The van der Waals surface area contributed by atoms with Crippen molar-refractivity contribution in [2.45, 2.75) is 6.54 Å². The maximum atomic E-state index is 12.7. The fraction of sp³-hybridized carbons (Fsp3) is 0.120. The summed E-state index contributed by atoms with van der Waals surface area (Å²) in [4.78, 5) is 37.8. The monoisotopic (exact) mass is 495 g/mol. The van der Waals surface area contributed by atoms with E-state index in [1.54, 1.807) is 25.3 Å². The molecule has 4 N–H and O–H groups in total. The van der Waals surface area contributed by atoms with Gasteiger partial charge in [-0.2, -0.15) is 0 Å². The van der Waals surface area contributed by atoms with Crippen LogP contribution in [0, 0.1) is 5.82 Å². The minimum Gasteiger partial charge on any atom is -0.505 e. The molecular weight excluding hydrogens is 473 g/mol. The fourth-order valence-corrected chi connectivity index (χ4v) is 3.30. The van der Waals surface area contributed by atoms with E-state index in [1.807, 2.05) is 0 Å². The summed E-state index contributed by atoms with van der Waals surface area (Å²) in [7, 11) is 3.07. The number of hydrogen-bond donors (Lipinski definition) is 3. The number of pyridine rings is 2. The number of carbonyl (C=O) groups excluding carboxylic acids is 1. The van der Waals surface area contributed by atoms with Crippen molar-refractivity contribution in [1.29, 1.82) is 0 Å². The molecule has 10 nitrogen and oxygen atoms in total. The second-order valence-corrected chi connectivity index (χ2v) is 7.39. The topological polar surface area (TPSA) is 154 Å². The van der Waals surface area contributed by atoms with Crippen molar-refractivity contribution in [2.24, 2.45) is 5.73 Å². The molecule has 0 aliphatic carbocycles. The average molecular weight is 495 g/mol. The standard InChI is InChI=1S/C18H16N2O6.C7H6FNO/c1-25-11-4-3-10(14(7-11)26-2)9-20-6-5-12-13(17(20)22)8-19-15(16(12)21)18(23)24;8-6-3-1-5(2-4-6)7(9)10/h3-8,21H,9H2,1-2H3,(H,23,24);1-4H,(H2,9,10). The van der Waals surface area contributed by atoms with Gasteiger partial charge in [0.1, 0.15) is 17.3 Å². The molecule has 0 radical (unpaired) electrons. The number of fused-ring (bicyclic) bond motifs is 1. The minimum absolute atomic E-state index is 0.127. The Morgan fingerprint density at radius 1 is 1.06 bits per heavy atom. The lowest BCUT2D eigenvalue weighted by molar-refractivity contribution is 0.0687. The van der Waals surface area contributed by atoms with Crippen LogP contribution in [0.3, 0.4) is 0 Å². The van der Waals surface area contributed by atoms with Crippen LogP contribution in [0.1, 0.15) is 26.4 Å². The van der Waals surface area contributed by atoms with E-state index < -0.39 is 28.9 Å². The second kappa shape index (κ2) is 11.0. The molecular formula is C25H22FN3O7. The summed E-state index contributed by atoms with van der Waals surface area (Å²) in [6.07, 6.45) is 2.64. The Kier molecular flexibility index (Phi) is 7.85. The lowest BCUT2D eigenvalue weighted by atomic mass is 10.1. The summed E-state index contributed by atoms with van der Waals surface area (Å²) in [6.45, 7) is 0.226. The van der Waals surface area contributed by atoms with E-state index in [0.717, 1.165) is 11.8 Å². The van der Waals surface area contributed by atoms with Gasteiger partial charge >= 0.3 is 5.97 Å². The van der Waals surface area contributed by atoms with E-state index in [-0.39, 0.29) is 23.1 Å². The Hall–Kier alpha value is -4.93. The lowest BCUT2D eigenvalue weighted by Gasteiger charge is -2.13. The lowest BCUT2D eigenvalue weighted by Crippen LogP contribution is -2.21. The third-order valence-corrected chi connectivity index (χ3v) is 5.17.